The third kappa shape index (κ3) is 4.67. The normalized spacial score (nSPS) is 17.9. The molecule has 0 radical (unpaired) electrons. The Balaban J connectivity index is 2.06. The molecule has 0 aliphatic heterocycles. The van der Waals surface area contributed by atoms with E-state index in [0.717, 1.165) is 24.9 Å². The Morgan fingerprint density at radius 1 is 1.24 bits per heavy atom. The highest BCUT2D eigenvalue weighted by molar-refractivity contribution is 9.10. The predicted octanol–water partition coefficient (Wildman–Crippen LogP) is 5.73. The fourth-order valence-corrected chi connectivity index (χ4v) is 3.97. The predicted molar refractivity (Wildman–Crippen MR) is 91.5 cm³/mol. The average Bonchev–Trinajstić information content (AvgIpc) is 2.49. The van der Waals surface area contributed by atoms with Crippen LogP contribution in [-0.2, 0) is 6.42 Å². The maximum atomic E-state index is 14.1. The fourth-order valence-electron chi connectivity index (χ4n) is 3.47. The highest BCUT2D eigenvalue weighted by atomic mass is 79.9. The first-order valence-electron chi connectivity index (χ1n) is 7.84. The van der Waals surface area contributed by atoms with Gasteiger partial charge < -0.3 is 5.32 Å². The van der Waals surface area contributed by atoms with E-state index >= 15 is 0 Å². The molecule has 1 aliphatic carbocycles. The maximum absolute atomic E-state index is 14.1. The molecule has 1 aromatic rings. The van der Waals surface area contributed by atoms with Crippen molar-refractivity contribution in [3.8, 4) is 0 Å². The Morgan fingerprint density at radius 3 is 2.62 bits per heavy atom. The van der Waals surface area contributed by atoms with Gasteiger partial charge in [0.15, 0.2) is 0 Å². The van der Waals surface area contributed by atoms with E-state index in [9.17, 15) is 4.39 Å². The summed E-state index contributed by atoms with van der Waals surface area (Å²) in [4.78, 5) is 0. The van der Waals surface area contributed by atoms with Crippen LogP contribution in [0.15, 0.2) is 16.6 Å². The van der Waals surface area contributed by atoms with Crippen LogP contribution >= 0.6 is 27.5 Å². The Morgan fingerprint density at radius 2 is 1.95 bits per heavy atom. The van der Waals surface area contributed by atoms with Gasteiger partial charge in [-0.25, -0.2) is 4.39 Å². The lowest BCUT2D eigenvalue weighted by atomic mass is 9.68. The van der Waals surface area contributed by atoms with Gasteiger partial charge in [-0.1, -0.05) is 30.9 Å². The summed E-state index contributed by atoms with van der Waals surface area (Å²) in [6.45, 7) is 1.05. The van der Waals surface area contributed by atoms with Crippen LogP contribution in [0.5, 0.6) is 0 Å². The van der Waals surface area contributed by atoms with E-state index in [1.54, 1.807) is 6.07 Å². The molecule has 0 unspecified atom stereocenters. The van der Waals surface area contributed by atoms with Crippen LogP contribution in [0.3, 0.4) is 0 Å². The third-order valence-corrected chi connectivity index (χ3v) is 6.03. The molecule has 0 spiro atoms. The van der Waals surface area contributed by atoms with Gasteiger partial charge in [-0.3, -0.25) is 0 Å². The number of hydrogen-bond acceptors (Lipinski definition) is 1. The van der Waals surface area contributed by atoms with Gasteiger partial charge in [-0.2, -0.15) is 0 Å². The Bertz CT molecular complexity index is 472. The Kier molecular flexibility index (Phi) is 6.51. The molecule has 0 atom stereocenters. The number of hydrogen-bond donors (Lipinski definition) is 1. The van der Waals surface area contributed by atoms with E-state index in [2.05, 4.69) is 21.2 Å². The molecule has 1 aliphatic rings. The molecule has 0 amide bonds. The molecular weight excluding hydrogens is 353 g/mol. The second-order valence-corrected chi connectivity index (χ2v) is 7.53. The summed E-state index contributed by atoms with van der Waals surface area (Å²) in [5.74, 6) is -0.147. The lowest BCUT2D eigenvalue weighted by Crippen LogP contribution is -2.29. The van der Waals surface area contributed by atoms with Crippen LogP contribution in [0, 0.1) is 11.2 Å². The highest BCUT2D eigenvalue weighted by Crippen LogP contribution is 2.43. The van der Waals surface area contributed by atoms with Crippen molar-refractivity contribution in [3.63, 3.8) is 0 Å². The lowest BCUT2D eigenvalue weighted by Gasteiger charge is -2.38. The minimum Gasteiger partial charge on any atom is -0.320 e. The summed E-state index contributed by atoms with van der Waals surface area (Å²) < 4.78 is 14.7. The van der Waals surface area contributed by atoms with Crippen LogP contribution < -0.4 is 5.32 Å². The zero-order valence-electron chi connectivity index (χ0n) is 12.7. The zero-order chi connectivity index (χ0) is 15.3. The largest absolute Gasteiger partial charge is 0.320 e. The van der Waals surface area contributed by atoms with Crippen molar-refractivity contribution in [2.75, 3.05) is 13.6 Å². The Hall–Kier alpha value is -0.120. The van der Waals surface area contributed by atoms with Crippen molar-refractivity contribution in [2.24, 2.45) is 5.41 Å². The van der Waals surface area contributed by atoms with Gasteiger partial charge in [0, 0.05) is 4.47 Å². The SMILES string of the molecule is CNCCC1(CCc2cc(Cl)c(Br)cc2F)CCCCC1. The van der Waals surface area contributed by atoms with Crippen LogP contribution in [-0.4, -0.2) is 13.6 Å². The first-order valence-corrected chi connectivity index (χ1v) is 9.01. The van der Waals surface area contributed by atoms with Crippen molar-refractivity contribution in [1.82, 2.24) is 5.32 Å². The molecule has 0 heterocycles. The Labute approximate surface area is 140 Å². The summed E-state index contributed by atoms with van der Waals surface area (Å²) in [5.41, 5.74) is 1.13. The summed E-state index contributed by atoms with van der Waals surface area (Å²) in [6, 6.07) is 3.26. The molecule has 4 heteroatoms. The molecule has 118 valence electrons. The summed E-state index contributed by atoms with van der Waals surface area (Å²) in [7, 11) is 2.00. The van der Waals surface area contributed by atoms with Gasteiger partial charge in [0.1, 0.15) is 5.82 Å². The molecule has 1 saturated carbocycles. The van der Waals surface area contributed by atoms with Gasteiger partial charge in [0.2, 0.25) is 0 Å². The molecule has 0 aromatic heterocycles. The number of nitrogens with one attached hydrogen (secondary N) is 1. The zero-order valence-corrected chi connectivity index (χ0v) is 15.0. The number of halogens is 3. The average molecular weight is 377 g/mol. The van der Waals surface area contributed by atoms with Crippen LogP contribution in [0.25, 0.3) is 0 Å². The molecule has 1 aromatic carbocycles. The first-order chi connectivity index (χ1) is 10.1. The van der Waals surface area contributed by atoms with Gasteiger partial charge in [-0.05, 0) is 84.7 Å². The van der Waals surface area contributed by atoms with E-state index in [1.165, 1.54) is 44.6 Å². The number of rotatable bonds is 6. The first kappa shape index (κ1) is 17.2. The van der Waals surface area contributed by atoms with E-state index in [1.807, 2.05) is 7.05 Å². The van der Waals surface area contributed by atoms with Gasteiger partial charge in [0.25, 0.3) is 0 Å². The van der Waals surface area contributed by atoms with Crippen LogP contribution in [0.4, 0.5) is 4.39 Å². The summed E-state index contributed by atoms with van der Waals surface area (Å²) in [5, 5.41) is 3.86. The lowest BCUT2D eigenvalue weighted by molar-refractivity contribution is 0.157. The topological polar surface area (TPSA) is 12.0 Å². The quantitative estimate of drug-likeness (QED) is 0.625. The van der Waals surface area contributed by atoms with E-state index in [-0.39, 0.29) is 5.82 Å². The minimum absolute atomic E-state index is 0.147. The maximum Gasteiger partial charge on any atom is 0.127 e. The van der Waals surface area contributed by atoms with Crippen molar-refractivity contribution < 1.29 is 4.39 Å². The van der Waals surface area contributed by atoms with E-state index in [0.29, 0.717) is 14.9 Å². The van der Waals surface area contributed by atoms with Crippen LogP contribution in [0.1, 0.15) is 50.5 Å². The van der Waals surface area contributed by atoms with Crippen molar-refractivity contribution in [2.45, 2.75) is 51.4 Å². The molecule has 2 rings (SSSR count). The molecule has 1 N–H and O–H groups in total. The monoisotopic (exact) mass is 375 g/mol. The second kappa shape index (κ2) is 7.94. The van der Waals surface area contributed by atoms with E-state index < -0.39 is 0 Å². The molecule has 1 nitrogen and oxygen atoms in total. The summed E-state index contributed by atoms with van der Waals surface area (Å²) in [6.07, 6.45) is 9.56. The highest BCUT2D eigenvalue weighted by Gasteiger charge is 2.31. The van der Waals surface area contributed by atoms with Crippen molar-refractivity contribution >= 4 is 27.5 Å². The fraction of sp³-hybridized carbons (Fsp3) is 0.647. The molecule has 21 heavy (non-hydrogen) atoms. The molecular formula is C17H24BrClFN. The third-order valence-electron chi connectivity index (χ3n) is 4.83. The molecule has 1 fully saturated rings. The van der Waals surface area contributed by atoms with Crippen molar-refractivity contribution in [3.05, 3.63) is 33.0 Å². The minimum atomic E-state index is -0.147. The van der Waals surface area contributed by atoms with Gasteiger partial charge >= 0.3 is 0 Å². The summed E-state index contributed by atoms with van der Waals surface area (Å²) >= 11 is 9.37. The van der Waals surface area contributed by atoms with Crippen LogP contribution in [0.2, 0.25) is 5.02 Å². The molecule has 0 bridgehead atoms. The van der Waals surface area contributed by atoms with Crippen molar-refractivity contribution in [1.29, 1.82) is 0 Å². The standard InChI is InChI=1S/C17H24BrClFN/c1-21-10-9-17(6-3-2-4-7-17)8-5-13-11-15(19)14(18)12-16(13)20/h11-12,21H,2-10H2,1H3. The second-order valence-electron chi connectivity index (χ2n) is 6.27. The number of aryl methyl sites for hydroxylation is 1. The smallest absolute Gasteiger partial charge is 0.127 e. The van der Waals surface area contributed by atoms with Gasteiger partial charge in [0.05, 0.1) is 5.02 Å². The van der Waals surface area contributed by atoms with E-state index in [4.69, 9.17) is 11.6 Å². The number of benzene rings is 1. The van der Waals surface area contributed by atoms with Gasteiger partial charge in [-0.15, -0.1) is 0 Å². The molecule has 0 saturated heterocycles.